The predicted octanol–water partition coefficient (Wildman–Crippen LogP) is 5.93. The van der Waals surface area contributed by atoms with Gasteiger partial charge in [0.25, 0.3) is 5.91 Å². The van der Waals surface area contributed by atoms with E-state index in [9.17, 15) is 4.79 Å². The average Bonchev–Trinajstić information content (AvgIpc) is 3.29. The third-order valence-corrected chi connectivity index (χ3v) is 7.01. The Balaban J connectivity index is 1.40. The molecule has 2 heterocycles. The molecule has 0 saturated carbocycles. The van der Waals surface area contributed by atoms with Crippen LogP contribution in [-0.4, -0.2) is 40.2 Å². The van der Waals surface area contributed by atoms with Gasteiger partial charge in [0.2, 0.25) is 5.17 Å². The molecule has 0 aliphatic carbocycles. The van der Waals surface area contributed by atoms with E-state index in [1.807, 2.05) is 56.3 Å². The first-order valence-corrected chi connectivity index (χ1v) is 12.6. The Morgan fingerprint density at radius 1 is 1.09 bits per heavy atom. The van der Waals surface area contributed by atoms with Crippen molar-refractivity contribution in [2.75, 3.05) is 13.2 Å². The molecule has 2 aliphatic heterocycles. The summed E-state index contributed by atoms with van der Waals surface area (Å²) >= 11 is 1.34. The number of nitrogens with zero attached hydrogens (tertiary/aromatic N) is 3. The molecule has 182 valence electrons. The highest BCUT2D eigenvalue weighted by atomic mass is 32.2. The molecule has 0 saturated heterocycles. The maximum Gasteiger partial charge on any atom is 0.283 e. The summed E-state index contributed by atoms with van der Waals surface area (Å²) < 4.78 is 11.9. The van der Waals surface area contributed by atoms with Crippen LogP contribution in [0.1, 0.15) is 51.2 Å². The number of amidine groups is 2. The number of rotatable bonds is 9. The van der Waals surface area contributed by atoms with Crippen LogP contribution >= 0.6 is 11.8 Å². The SMILES string of the molecule is CC[C@H](C)c1ccccc1OCCOc1cccc(/C=C2\C(=N)N3N=C(C(C)C)SC3=NC2=O)c1. The largest absolute Gasteiger partial charge is 0.490 e. The van der Waals surface area contributed by atoms with Gasteiger partial charge in [-0.15, -0.1) is 0 Å². The van der Waals surface area contributed by atoms with Crippen molar-refractivity contribution in [3.05, 3.63) is 65.2 Å². The number of carbonyl (C=O) groups excluding carboxylic acids is 1. The number of nitrogens with one attached hydrogen (secondary N) is 1. The maximum absolute atomic E-state index is 12.6. The Hall–Kier alpha value is -3.39. The van der Waals surface area contributed by atoms with Gasteiger partial charge >= 0.3 is 0 Å². The number of benzene rings is 2. The number of ether oxygens (including phenoxy) is 2. The second-order valence-electron chi connectivity index (χ2n) is 8.73. The Morgan fingerprint density at radius 2 is 1.86 bits per heavy atom. The van der Waals surface area contributed by atoms with Crippen LogP contribution in [-0.2, 0) is 4.79 Å². The van der Waals surface area contributed by atoms with Crippen molar-refractivity contribution in [1.29, 1.82) is 5.41 Å². The maximum atomic E-state index is 12.6. The van der Waals surface area contributed by atoms with Gasteiger partial charge in [-0.25, -0.2) is 0 Å². The molecule has 1 atom stereocenters. The predicted molar refractivity (Wildman–Crippen MR) is 142 cm³/mol. The fourth-order valence-electron chi connectivity index (χ4n) is 3.65. The molecule has 7 nitrogen and oxygen atoms in total. The summed E-state index contributed by atoms with van der Waals surface area (Å²) in [6, 6.07) is 15.5. The Bertz CT molecular complexity index is 1220. The summed E-state index contributed by atoms with van der Waals surface area (Å²) in [7, 11) is 0. The molecule has 0 radical (unpaired) electrons. The van der Waals surface area contributed by atoms with Crippen LogP contribution in [0, 0.1) is 11.3 Å². The van der Waals surface area contributed by atoms with Gasteiger partial charge in [-0.2, -0.15) is 15.1 Å². The molecule has 35 heavy (non-hydrogen) atoms. The molecule has 0 bridgehead atoms. The zero-order valence-corrected chi connectivity index (χ0v) is 21.3. The van der Waals surface area contributed by atoms with Crippen LogP contribution in [0.3, 0.4) is 0 Å². The minimum atomic E-state index is -0.436. The summed E-state index contributed by atoms with van der Waals surface area (Å²) in [5.74, 6) is 1.78. The molecule has 1 N–H and O–H groups in total. The van der Waals surface area contributed by atoms with Crippen LogP contribution in [0.5, 0.6) is 11.5 Å². The first-order chi connectivity index (χ1) is 16.9. The van der Waals surface area contributed by atoms with Crippen LogP contribution in [0.2, 0.25) is 0 Å². The molecule has 0 unspecified atom stereocenters. The van der Waals surface area contributed by atoms with E-state index < -0.39 is 5.91 Å². The zero-order chi connectivity index (χ0) is 24.9. The highest BCUT2D eigenvalue weighted by molar-refractivity contribution is 8.27. The summed E-state index contributed by atoms with van der Waals surface area (Å²) in [6.45, 7) is 9.21. The number of para-hydroxylation sites is 1. The van der Waals surface area contributed by atoms with Crippen molar-refractivity contribution < 1.29 is 14.3 Å². The fourth-order valence-corrected chi connectivity index (χ4v) is 4.54. The fraction of sp³-hybridized carbons (Fsp3) is 0.333. The van der Waals surface area contributed by atoms with Crippen molar-refractivity contribution >= 4 is 39.8 Å². The van der Waals surface area contributed by atoms with Gasteiger partial charge < -0.3 is 9.47 Å². The molecular weight excluding hydrogens is 460 g/mol. The first-order valence-electron chi connectivity index (χ1n) is 11.8. The summed E-state index contributed by atoms with van der Waals surface area (Å²) in [6.07, 6.45) is 2.71. The van der Waals surface area contributed by atoms with Crippen LogP contribution in [0.25, 0.3) is 6.08 Å². The van der Waals surface area contributed by atoms with Crippen molar-refractivity contribution in [2.24, 2.45) is 16.0 Å². The molecular formula is C27H30N4O3S. The number of aliphatic imine (C=N–C) groups is 1. The summed E-state index contributed by atoms with van der Waals surface area (Å²) in [5, 5.41) is 15.7. The van der Waals surface area contributed by atoms with E-state index in [-0.39, 0.29) is 17.3 Å². The second kappa shape index (κ2) is 10.9. The van der Waals surface area contributed by atoms with Crippen LogP contribution in [0.4, 0.5) is 0 Å². The Morgan fingerprint density at radius 3 is 2.63 bits per heavy atom. The van der Waals surface area contributed by atoms with E-state index in [4.69, 9.17) is 14.9 Å². The van der Waals surface area contributed by atoms with Crippen molar-refractivity contribution in [3.63, 3.8) is 0 Å². The summed E-state index contributed by atoms with van der Waals surface area (Å²) in [5.41, 5.74) is 2.15. The number of amides is 1. The van der Waals surface area contributed by atoms with E-state index in [2.05, 4.69) is 30.0 Å². The molecule has 4 rings (SSSR count). The number of hydrogen-bond donors (Lipinski definition) is 1. The first kappa shape index (κ1) is 24.7. The number of carbonyl (C=O) groups is 1. The van der Waals surface area contributed by atoms with Crippen molar-refractivity contribution in [2.45, 2.75) is 40.0 Å². The van der Waals surface area contributed by atoms with E-state index in [1.54, 1.807) is 6.08 Å². The molecule has 0 fully saturated rings. The number of fused-ring (bicyclic) bond motifs is 1. The molecule has 0 spiro atoms. The van der Waals surface area contributed by atoms with Gasteiger partial charge in [-0.3, -0.25) is 10.2 Å². The van der Waals surface area contributed by atoms with Crippen molar-refractivity contribution in [1.82, 2.24) is 5.01 Å². The quantitative estimate of drug-likeness (QED) is 0.348. The molecule has 2 aromatic carbocycles. The van der Waals surface area contributed by atoms with Gasteiger partial charge in [-0.05, 0) is 59.5 Å². The second-order valence-corrected chi connectivity index (χ2v) is 9.72. The number of hydrogen-bond acceptors (Lipinski definition) is 6. The highest BCUT2D eigenvalue weighted by Gasteiger charge is 2.36. The van der Waals surface area contributed by atoms with Crippen molar-refractivity contribution in [3.8, 4) is 11.5 Å². The molecule has 0 aromatic heterocycles. The smallest absolute Gasteiger partial charge is 0.283 e. The lowest BCUT2D eigenvalue weighted by Crippen LogP contribution is -2.35. The van der Waals surface area contributed by atoms with Gasteiger partial charge in [-0.1, -0.05) is 58.0 Å². The standard InChI is InChI=1S/C27H30N4O3S/c1-5-18(4)21-11-6-7-12-23(21)34-14-13-33-20-10-8-9-19(15-20)16-22-24(28)31-27(29-25(22)32)35-26(30-31)17(2)3/h6-12,15-18,28H,5,13-14H2,1-4H3/b22-16+,28-24?/t18-/m0/s1. The minimum Gasteiger partial charge on any atom is -0.490 e. The van der Waals surface area contributed by atoms with Gasteiger partial charge in [0.05, 0.1) is 5.57 Å². The van der Waals surface area contributed by atoms with E-state index >= 15 is 0 Å². The van der Waals surface area contributed by atoms with E-state index in [0.29, 0.717) is 30.0 Å². The van der Waals surface area contributed by atoms with Gasteiger partial charge in [0, 0.05) is 5.92 Å². The van der Waals surface area contributed by atoms with Gasteiger partial charge in [0.1, 0.15) is 29.8 Å². The van der Waals surface area contributed by atoms with Crippen LogP contribution < -0.4 is 9.47 Å². The Labute approximate surface area is 210 Å². The lowest BCUT2D eigenvalue weighted by Gasteiger charge is -2.20. The molecule has 2 aromatic rings. The molecule has 8 heteroatoms. The molecule has 2 aliphatic rings. The highest BCUT2D eigenvalue weighted by Crippen LogP contribution is 2.31. The van der Waals surface area contributed by atoms with Crippen LogP contribution in [0.15, 0.2) is 64.2 Å². The monoisotopic (exact) mass is 490 g/mol. The number of hydrazone groups is 1. The molecule has 1 amide bonds. The average molecular weight is 491 g/mol. The van der Waals surface area contributed by atoms with E-state index in [0.717, 1.165) is 22.8 Å². The Kier molecular flexibility index (Phi) is 7.70. The third-order valence-electron chi connectivity index (χ3n) is 5.81. The minimum absolute atomic E-state index is 0.0304. The summed E-state index contributed by atoms with van der Waals surface area (Å²) in [4.78, 5) is 16.8. The number of thioether (sulfide) groups is 1. The van der Waals surface area contributed by atoms with E-state index in [1.165, 1.54) is 22.3 Å². The lowest BCUT2D eigenvalue weighted by molar-refractivity contribution is -0.114. The van der Waals surface area contributed by atoms with Gasteiger partial charge in [0.15, 0.2) is 5.84 Å². The zero-order valence-electron chi connectivity index (χ0n) is 20.4. The lowest BCUT2D eigenvalue weighted by atomic mass is 9.98. The topological polar surface area (TPSA) is 87.3 Å². The third kappa shape index (κ3) is 5.65. The normalized spacial score (nSPS) is 17.4.